The van der Waals surface area contributed by atoms with E-state index in [1.807, 2.05) is 32.0 Å². The molecule has 0 bridgehead atoms. The second-order valence-electron chi connectivity index (χ2n) is 3.52. The highest BCUT2D eigenvalue weighted by atomic mass is 16.5. The van der Waals surface area contributed by atoms with E-state index >= 15 is 0 Å². The van der Waals surface area contributed by atoms with Crippen LogP contribution in [0.4, 0.5) is 0 Å². The largest absolute Gasteiger partial charge is 0.491 e. The zero-order valence-corrected chi connectivity index (χ0v) is 8.86. The molecule has 1 atom stereocenters. The number of hydrogen-bond donors (Lipinski definition) is 2. The minimum atomic E-state index is -1.06. The number of rotatable bonds is 4. The van der Waals surface area contributed by atoms with Gasteiger partial charge in [-0.25, -0.2) is 0 Å². The third-order valence-corrected chi connectivity index (χ3v) is 2.08. The van der Waals surface area contributed by atoms with Gasteiger partial charge >= 0.3 is 5.97 Å². The highest BCUT2D eigenvalue weighted by Crippen LogP contribution is 2.18. The highest BCUT2D eigenvalue weighted by molar-refractivity contribution is 5.73. The number of aryl methyl sites for hydroxylation is 2. The second kappa shape index (κ2) is 4.79. The molecule has 15 heavy (non-hydrogen) atoms. The van der Waals surface area contributed by atoms with Crippen LogP contribution in [0.3, 0.4) is 0 Å². The van der Waals surface area contributed by atoms with Crippen molar-refractivity contribution in [2.75, 3.05) is 6.61 Å². The van der Waals surface area contributed by atoms with Crippen LogP contribution in [-0.2, 0) is 4.79 Å². The Morgan fingerprint density at radius 3 is 2.80 bits per heavy atom. The summed E-state index contributed by atoms with van der Waals surface area (Å²) in [5, 5.41) is 8.58. The number of hydrogen-bond acceptors (Lipinski definition) is 3. The fourth-order valence-corrected chi connectivity index (χ4v) is 1.11. The quantitative estimate of drug-likeness (QED) is 0.778. The van der Waals surface area contributed by atoms with Crippen molar-refractivity contribution in [3.05, 3.63) is 29.3 Å². The minimum absolute atomic E-state index is 0.0143. The number of ether oxygens (including phenoxy) is 1. The fraction of sp³-hybridized carbons (Fsp3) is 0.364. The van der Waals surface area contributed by atoms with Crippen LogP contribution in [0.5, 0.6) is 5.75 Å². The van der Waals surface area contributed by atoms with Crippen LogP contribution in [0.15, 0.2) is 18.2 Å². The molecular weight excluding hydrogens is 194 g/mol. The summed E-state index contributed by atoms with van der Waals surface area (Å²) >= 11 is 0. The summed E-state index contributed by atoms with van der Waals surface area (Å²) in [5.74, 6) is -0.369. The number of aliphatic carboxylic acids is 1. The second-order valence-corrected chi connectivity index (χ2v) is 3.52. The molecule has 1 unspecified atom stereocenters. The van der Waals surface area contributed by atoms with Crippen LogP contribution in [0.2, 0.25) is 0 Å². The summed E-state index contributed by atoms with van der Waals surface area (Å²) in [6, 6.07) is 4.78. The summed E-state index contributed by atoms with van der Waals surface area (Å²) in [7, 11) is 0. The molecule has 0 radical (unpaired) electrons. The van der Waals surface area contributed by atoms with Gasteiger partial charge in [0.15, 0.2) is 0 Å². The lowest BCUT2D eigenvalue weighted by Crippen LogP contribution is -2.36. The molecule has 0 amide bonds. The Morgan fingerprint density at radius 1 is 1.53 bits per heavy atom. The molecule has 0 spiro atoms. The first-order chi connectivity index (χ1) is 7.00. The Hall–Kier alpha value is -1.55. The minimum Gasteiger partial charge on any atom is -0.491 e. The van der Waals surface area contributed by atoms with E-state index in [1.54, 1.807) is 0 Å². The SMILES string of the molecule is Cc1ccc(C)c(OCC(N)C(=O)O)c1. The van der Waals surface area contributed by atoms with Gasteiger partial charge in [0.2, 0.25) is 0 Å². The summed E-state index contributed by atoms with van der Waals surface area (Å²) in [4.78, 5) is 10.5. The molecule has 82 valence electrons. The van der Waals surface area contributed by atoms with Gasteiger partial charge in [-0.1, -0.05) is 12.1 Å². The molecule has 0 aromatic heterocycles. The average molecular weight is 209 g/mol. The Labute approximate surface area is 88.7 Å². The Kier molecular flexibility index (Phi) is 3.68. The van der Waals surface area contributed by atoms with E-state index in [1.165, 1.54) is 0 Å². The van der Waals surface area contributed by atoms with Crippen LogP contribution >= 0.6 is 0 Å². The van der Waals surface area contributed by atoms with Crippen molar-refractivity contribution in [3.63, 3.8) is 0 Å². The first-order valence-corrected chi connectivity index (χ1v) is 4.69. The van der Waals surface area contributed by atoms with Gasteiger partial charge in [0.25, 0.3) is 0 Å². The monoisotopic (exact) mass is 209 g/mol. The van der Waals surface area contributed by atoms with Crippen LogP contribution in [0.25, 0.3) is 0 Å². The summed E-state index contributed by atoms with van der Waals surface area (Å²) in [6.45, 7) is 3.84. The summed E-state index contributed by atoms with van der Waals surface area (Å²) in [6.07, 6.45) is 0. The van der Waals surface area contributed by atoms with Gasteiger partial charge in [-0.05, 0) is 31.0 Å². The normalized spacial score (nSPS) is 12.2. The molecule has 0 heterocycles. The smallest absolute Gasteiger partial charge is 0.324 e. The Morgan fingerprint density at radius 2 is 2.20 bits per heavy atom. The zero-order valence-electron chi connectivity index (χ0n) is 8.86. The lowest BCUT2D eigenvalue weighted by Gasteiger charge is -2.11. The average Bonchev–Trinajstić information content (AvgIpc) is 2.18. The van der Waals surface area contributed by atoms with Crippen LogP contribution < -0.4 is 10.5 Å². The van der Waals surface area contributed by atoms with Crippen LogP contribution in [-0.4, -0.2) is 23.7 Å². The highest BCUT2D eigenvalue weighted by Gasteiger charge is 2.12. The van der Waals surface area contributed by atoms with Gasteiger partial charge < -0.3 is 15.6 Å². The number of benzene rings is 1. The molecule has 4 nitrogen and oxygen atoms in total. The van der Waals surface area contributed by atoms with Gasteiger partial charge in [-0.3, -0.25) is 4.79 Å². The van der Waals surface area contributed by atoms with E-state index in [2.05, 4.69) is 0 Å². The molecule has 0 saturated carbocycles. The fourth-order valence-electron chi connectivity index (χ4n) is 1.11. The molecule has 3 N–H and O–H groups in total. The van der Waals surface area contributed by atoms with E-state index < -0.39 is 12.0 Å². The van der Waals surface area contributed by atoms with Crippen molar-refractivity contribution in [2.45, 2.75) is 19.9 Å². The van der Waals surface area contributed by atoms with Crippen LogP contribution in [0, 0.1) is 13.8 Å². The zero-order chi connectivity index (χ0) is 11.4. The number of carbonyl (C=O) groups is 1. The molecular formula is C11H15NO3. The van der Waals surface area contributed by atoms with Crippen molar-refractivity contribution in [1.29, 1.82) is 0 Å². The molecule has 0 saturated heterocycles. The third-order valence-electron chi connectivity index (χ3n) is 2.08. The van der Waals surface area contributed by atoms with Crippen molar-refractivity contribution in [1.82, 2.24) is 0 Å². The van der Waals surface area contributed by atoms with E-state index in [0.717, 1.165) is 11.1 Å². The van der Waals surface area contributed by atoms with Crippen molar-refractivity contribution < 1.29 is 14.6 Å². The van der Waals surface area contributed by atoms with Crippen molar-refractivity contribution in [2.24, 2.45) is 5.73 Å². The molecule has 4 heteroatoms. The molecule has 0 fully saturated rings. The summed E-state index contributed by atoms with van der Waals surface area (Å²) < 4.78 is 5.33. The van der Waals surface area contributed by atoms with E-state index in [9.17, 15) is 4.79 Å². The van der Waals surface area contributed by atoms with E-state index in [0.29, 0.717) is 5.75 Å². The van der Waals surface area contributed by atoms with E-state index in [4.69, 9.17) is 15.6 Å². The number of carboxylic acids is 1. The van der Waals surface area contributed by atoms with Crippen LogP contribution in [0.1, 0.15) is 11.1 Å². The topological polar surface area (TPSA) is 72.5 Å². The molecule has 0 aliphatic rings. The predicted octanol–water partition coefficient (Wildman–Crippen LogP) is 1.09. The van der Waals surface area contributed by atoms with Gasteiger partial charge in [-0.15, -0.1) is 0 Å². The van der Waals surface area contributed by atoms with Crippen molar-refractivity contribution >= 4 is 5.97 Å². The molecule has 1 aromatic rings. The Balaban J connectivity index is 2.65. The Bertz CT molecular complexity index is 363. The third kappa shape index (κ3) is 3.25. The van der Waals surface area contributed by atoms with Gasteiger partial charge in [0.05, 0.1) is 0 Å². The molecule has 1 aromatic carbocycles. The maximum atomic E-state index is 10.5. The first-order valence-electron chi connectivity index (χ1n) is 4.69. The van der Waals surface area contributed by atoms with Gasteiger partial charge in [0, 0.05) is 0 Å². The number of carboxylic acid groups (broad SMARTS) is 1. The lowest BCUT2D eigenvalue weighted by molar-refractivity contribution is -0.139. The van der Waals surface area contributed by atoms with Crippen molar-refractivity contribution in [3.8, 4) is 5.75 Å². The van der Waals surface area contributed by atoms with Gasteiger partial charge in [-0.2, -0.15) is 0 Å². The predicted molar refractivity (Wildman–Crippen MR) is 57.0 cm³/mol. The summed E-state index contributed by atoms with van der Waals surface area (Å²) in [5.41, 5.74) is 7.37. The molecule has 1 rings (SSSR count). The maximum Gasteiger partial charge on any atom is 0.324 e. The maximum absolute atomic E-state index is 10.5. The first kappa shape index (κ1) is 11.5. The standard InChI is InChI=1S/C11H15NO3/c1-7-3-4-8(2)10(5-7)15-6-9(12)11(13)14/h3-5,9H,6,12H2,1-2H3,(H,13,14). The van der Waals surface area contributed by atoms with E-state index in [-0.39, 0.29) is 6.61 Å². The molecule has 0 aliphatic heterocycles. The number of nitrogens with two attached hydrogens (primary N) is 1. The lowest BCUT2D eigenvalue weighted by atomic mass is 10.1. The molecule has 0 aliphatic carbocycles. The van der Waals surface area contributed by atoms with Gasteiger partial charge in [0.1, 0.15) is 18.4 Å².